The molecule has 3 aromatic rings. The summed E-state index contributed by atoms with van der Waals surface area (Å²) < 4.78 is 24.1. The van der Waals surface area contributed by atoms with Crippen LogP contribution in [-0.4, -0.2) is 18.1 Å². The Labute approximate surface area is 138 Å². The van der Waals surface area contributed by atoms with Crippen molar-refractivity contribution in [3.8, 4) is 23.3 Å². The Hall–Kier alpha value is -3.33. The number of hydrogen-bond donors (Lipinski definition) is 1. The Bertz CT molecular complexity index is 839. The van der Waals surface area contributed by atoms with E-state index in [1.165, 1.54) is 12.1 Å². The van der Waals surface area contributed by atoms with Crippen LogP contribution in [0.2, 0.25) is 0 Å². The molecule has 5 nitrogen and oxygen atoms in total. The first-order valence-electron chi connectivity index (χ1n) is 7.35. The summed E-state index contributed by atoms with van der Waals surface area (Å²) in [5.41, 5.74) is 0.746. The number of rotatable bonds is 6. The smallest absolute Gasteiger partial charge is 0.232 e. The lowest BCUT2D eigenvalue weighted by Gasteiger charge is -2.06. The molecule has 0 radical (unpaired) electrons. The van der Waals surface area contributed by atoms with Gasteiger partial charge in [-0.1, -0.05) is 18.2 Å². The molecule has 0 spiro atoms. The maximum absolute atomic E-state index is 13.0. The highest BCUT2D eigenvalue weighted by Gasteiger charge is 2.14. The van der Waals surface area contributed by atoms with Crippen molar-refractivity contribution in [2.24, 2.45) is 0 Å². The van der Waals surface area contributed by atoms with Crippen molar-refractivity contribution >= 4 is 5.88 Å². The summed E-state index contributed by atoms with van der Waals surface area (Å²) in [7, 11) is 0. The standard InChI is InChI=1S/C18H14FN3O2/c19-14-8-6-13(7-9-14)17-22-16(12-20)18(24-17)21-10-11-23-15-4-2-1-3-5-15/h1-9,21H,10-11H2. The first kappa shape index (κ1) is 15.6. The molecule has 1 N–H and O–H groups in total. The van der Waals surface area contributed by atoms with Gasteiger partial charge in [-0.2, -0.15) is 10.2 Å². The summed E-state index contributed by atoms with van der Waals surface area (Å²) in [6, 6.07) is 17.1. The summed E-state index contributed by atoms with van der Waals surface area (Å²) >= 11 is 0. The van der Waals surface area contributed by atoms with Crippen molar-refractivity contribution in [2.75, 3.05) is 18.5 Å². The average molecular weight is 323 g/mol. The van der Waals surface area contributed by atoms with Crippen molar-refractivity contribution in [1.82, 2.24) is 4.98 Å². The average Bonchev–Trinajstić information content (AvgIpc) is 3.03. The molecule has 0 unspecified atom stereocenters. The van der Waals surface area contributed by atoms with Gasteiger partial charge in [0.25, 0.3) is 0 Å². The largest absolute Gasteiger partial charge is 0.492 e. The van der Waals surface area contributed by atoms with Crippen molar-refractivity contribution in [3.05, 3.63) is 66.1 Å². The lowest BCUT2D eigenvalue weighted by molar-refractivity contribution is 0.331. The summed E-state index contributed by atoms with van der Waals surface area (Å²) in [5.74, 6) is 0.957. The molecule has 2 aromatic carbocycles. The molecule has 0 amide bonds. The van der Waals surface area contributed by atoms with Crippen LogP contribution in [0.5, 0.6) is 5.75 Å². The number of ether oxygens (including phenoxy) is 1. The number of para-hydroxylation sites is 1. The van der Waals surface area contributed by atoms with Crippen molar-refractivity contribution in [1.29, 1.82) is 5.26 Å². The molecule has 1 aromatic heterocycles. The predicted octanol–water partition coefficient (Wildman–Crippen LogP) is 3.84. The number of anilines is 1. The van der Waals surface area contributed by atoms with Gasteiger partial charge in [-0.25, -0.2) is 4.39 Å². The van der Waals surface area contributed by atoms with Crippen molar-refractivity contribution < 1.29 is 13.5 Å². The molecule has 3 rings (SSSR count). The summed E-state index contributed by atoms with van der Waals surface area (Å²) in [6.45, 7) is 0.850. The molecule has 0 atom stereocenters. The number of nitrogens with zero attached hydrogens (tertiary/aromatic N) is 2. The van der Waals surface area contributed by atoms with E-state index in [1.54, 1.807) is 12.1 Å². The number of nitriles is 1. The van der Waals surface area contributed by atoms with Crippen molar-refractivity contribution in [2.45, 2.75) is 0 Å². The van der Waals surface area contributed by atoms with Crippen LogP contribution in [0.3, 0.4) is 0 Å². The highest BCUT2D eigenvalue weighted by atomic mass is 19.1. The van der Waals surface area contributed by atoms with Crippen LogP contribution in [0.1, 0.15) is 5.69 Å². The van der Waals surface area contributed by atoms with Gasteiger partial charge in [0, 0.05) is 5.56 Å². The Morgan fingerprint density at radius 2 is 1.88 bits per heavy atom. The van der Waals surface area contributed by atoms with Gasteiger partial charge in [0.05, 0.1) is 6.54 Å². The minimum atomic E-state index is -0.345. The molecule has 0 saturated heterocycles. The molecular formula is C18H14FN3O2. The van der Waals surface area contributed by atoms with Crippen molar-refractivity contribution in [3.63, 3.8) is 0 Å². The fourth-order valence-electron chi connectivity index (χ4n) is 2.08. The molecule has 0 fully saturated rings. The van der Waals surface area contributed by atoms with E-state index in [4.69, 9.17) is 14.4 Å². The first-order valence-corrected chi connectivity index (χ1v) is 7.35. The van der Waals surface area contributed by atoms with Crippen LogP contribution < -0.4 is 10.1 Å². The fourth-order valence-corrected chi connectivity index (χ4v) is 2.08. The monoisotopic (exact) mass is 323 g/mol. The quantitative estimate of drug-likeness (QED) is 0.698. The zero-order valence-electron chi connectivity index (χ0n) is 12.7. The van der Waals surface area contributed by atoms with Gasteiger partial charge in [-0.05, 0) is 36.4 Å². The van der Waals surface area contributed by atoms with Gasteiger partial charge in [0.1, 0.15) is 24.2 Å². The van der Waals surface area contributed by atoms with E-state index in [9.17, 15) is 4.39 Å². The topological polar surface area (TPSA) is 71.1 Å². The maximum atomic E-state index is 13.0. The lowest BCUT2D eigenvalue weighted by atomic mass is 10.2. The predicted molar refractivity (Wildman–Crippen MR) is 87.0 cm³/mol. The molecular weight excluding hydrogens is 309 g/mol. The van der Waals surface area contributed by atoms with Crippen LogP contribution >= 0.6 is 0 Å². The third-order valence-electron chi connectivity index (χ3n) is 3.22. The maximum Gasteiger partial charge on any atom is 0.232 e. The third-order valence-corrected chi connectivity index (χ3v) is 3.22. The number of halogens is 1. The van der Waals surface area contributed by atoms with Crippen LogP contribution in [0.15, 0.2) is 59.0 Å². The second-order valence-corrected chi connectivity index (χ2v) is 4.90. The van der Waals surface area contributed by atoms with E-state index in [1.807, 2.05) is 36.4 Å². The third kappa shape index (κ3) is 3.70. The van der Waals surface area contributed by atoms with E-state index in [2.05, 4.69) is 10.3 Å². The van der Waals surface area contributed by atoms with E-state index >= 15 is 0 Å². The van der Waals surface area contributed by atoms with E-state index in [0.717, 1.165) is 5.75 Å². The van der Waals surface area contributed by atoms with E-state index < -0.39 is 0 Å². The Morgan fingerprint density at radius 3 is 2.58 bits per heavy atom. The van der Waals surface area contributed by atoms with Gasteiger partial charge in [0.15, 0.2) is 0 Å². The molecule has 0 aliphatic carbocycles. The SMILES string of the molecule is N#Cc1nc(-c2ccc(F)cc2)oc1NCCOc1ccccc1. The van der Waals surface area contributed by atoms with Gasteiger partial charge in [-0.15, -0.1) is 0 Å². The van der Waals surface area contributed by atoms with Gasteiger partial charge < -0.3 is 14.5 Å². The van der Waals surface area contributed by atoms with Gasteiger partial charge in [-0.3, -0.25) is 0 Å². The van der Waals surface area contributed by atoms with E-state index in [0.29, 0.717) is 18.7 Å². The minimum Gasteiger partial charge on any atom is -0.492 e. The number of aromatic nitrogens is 1. The lowest BCUT2D eigenvalue weighted by Crippen LogP contribution is -2.11. The zero-order valence-corrected chi connectivity index (χ0v) is 12.7. The van der Waals surface area contributed by atoms with Gasteiger partial charge >= 0.3 is 0 Å². The fraction of sp³-hybridized carbons (Fsp3) is 0.111. The van der Waals surface area contributed by atoms with Crippen LogP contribution in [0.4, 0.5) is 10.3 Å². The summed E-state index contributed by atoms with van der Waals surface area (Å²) in [6.07, 6.45) is 0. The zero-order chi connectivity index (χ0) is 16.8. The van der Waals surface area contributed by atoms with Crippen LogP contribution in [0, 0.1) is 17.1 Å². The number of benzene rings is 2. The Kier molecular flexibility index (Phi) is 4.73. The van der Waals surface area contributed by atoms with Crippen LogP contribution in [-0.2, 0) is 0 Å². The highest BCUT2D eigenvalue weighted by Crippen LogP contribution is 2.25. The number of oxazole rings is 1. The first-order chi connectivity index (χ1) is 11.8. The molecule has 1 heterocycles. The van der Waals surface area contributed by atoms with Gasteiger partial charge in [0.2, 0.25) is 17.5 Å². The molecule has 0 bridgehead atoms. The Balaban J connectivity index is 1.63. The Morgan fingerprint density at radius 1 is 1.12 bits per heavy atom. The molecule has 120 valence electrons. The second-order valence-electron chi connectivity index (χ2n) is 4.90. The molecule has 24 heavy (non-hydrogen) atoms. The summed E-state index contributed by atoms with van der Waals surface area (Å²) in [5, 5.41) is 12.1. The normalized spacial score (nSPS) is 10.2. The number of hydrogen-bond acceptors (Lipinski definition) is 5. The highest BCUT2D eigenvalue weighted by molar-refractivity contribution is 5.58. The van der Waals surface area contributed by atoms with E-state index in [-0.39, 0.29) is 23.3 Å². The van der Waals surface area contributed by atoms with Crippen LogP contribution in [0.25, 0.3) is 11.5 Å². The summed E-state index contributed by atoms with van der Waals surface area (Å²) in [4.78, 5) is 4.11. The molecule has 0 aliphatic rings. The molecule has 0 saturated carbocycles. The molecule has 0 aliphatic heterocycles. The number of nitrogens with one attached hydrogen (secondary N) is 1. The minimum absolute atomic E-state index is 0.147. The molecule has 6 heteroatoms. The second kappa shape index (κ2) is 7.29.